The lowest BCUT2D eigenvalue weighted by Crippen LogP contribution is -2.49. The van der Waals surface area contributed by atoms with Gasteiger partial charge in [0.25, 0.3) is 5.91 Å². The van der Waals surface area contributed by atoms with Gasteiger partial charge in [-0.25, -0.2) is 0 Å². The van der Waals surface area contributed by atoms with E-state index in [1.54, 1.807) is 33.0 Å². The third-order valence-corrected chi connectivity index (χ3v) is 3.17. The van der Waals surface area contributed by atoms with Crippen molar-refractivity contribution in [1.29, 1.82) is 0 Å². The van der Waals surface area contributed by atoms with Crippen molar-refractivity contribution in [2.75, 3.05) is 26.9 Å². The number of likely N-dealkylation sites (N-methyl/N-ethyl adjacent to an activating group) is 1. The molecule has 0 aliphatic rings. The topological polar surface area (TPSA) is 59.0 Å². The first kappa shape index (κ1) is 16.3. The minimum absolute atomic E-state index is 0.0932. The van der Waals surface area contributed by atoms with E-state index in [0.717, 1.165) is 0 Å². The maximum absolute atomic E-state index is 12.0. The van der Waals surface area contributed by atoms with E-state index in [0.29, 0.717) is 18.1 Å². The molecule has 1 aromatic carbocycles. The van der Waals surface area contributed by atoms with E-state index in [1.807, 2.05) is 19.1 Å². The Hall–Kier alpha value is -1.75. The van der Waals surface area contributed by atoms with Gasteiger partial charge in [-0.05, 0) is 32.9 Å². The van der Waals surface area contributed by atoms with Crippen LogP contribution < -0.4 is 9.47 Å². The van der Waals surface area contributed by atoms with Crippen molar-refractivity contribution in [3.8, 4) is 11.5 Å². The maximum atomic E-state index is 12.0. The average molecular weight is 281 g/mol. The van der Waals surface area contributed by atoms with Gasteiger partial charge >= 0.3 is 0 Å². The molecule has 1 rings (SSSR count). The predicted octanol–water partition coefficient (Wildman–Crippen LogP) is 1.69. The second-order valence-electron chi connectivity index (χ2n) is 5.09. The highest BCUT2D eigenvalue weighted by molar-refractivity contribution is 5.78. The lowest BCUT2D eigenvalue weighted by atomic mass is 10.1. The molecule has 0 radical (unpaired) electrons. The number of hydrogen-bond donors (Lipinski definition) is 1. The molecule has 0 bridgehead atoms. The first-order valence-electron chi connectivity index (χ1n) is 6.64. The van der Waals surface area contributed by atoms with Crippen molar-refractivity contribution in [2.24, 2.45) is 0 Å². The minimum atomic E-state index is -0.611. The SMILES string of the molecule is CCOc1ccccc1OCC(=O)N(C)C(C)(C)CO. The lowest BCUT2D eigenvalue weighted by Gasteiger charge is -2.33. The number of amides is 1. The van der Waals surface area contributed by atoms with Crippen LogP contribution >= 0.6 is 0 Å². The van der Waals surface area contributed by atoms with E-state index >= 15 is 0 Å². The van der Waals surface area contributed by atoms with Crippen LogP contribution in [0.1, 0.15) is 20.8 Å². The summed E-state index contributed by atoms with van der Waals surface area (Å²) in [7, 11) is 1.65. The van der Waals surface area contributed by atoms with Crippen molar-refractivity contribution in [3.63, 3.8) is 0 Å². The van der Waals surface area contributed by atoms with Gasteiger partial charge in [0, 0.05) is 7.05 Å². The Balaban J connectivity index is 2.66. The van der Waals surface area contributed by atoms with Gasteiger partial charge in [0.05, 0.1) is 18.8 Å². The molecule has 0 aliphatic carbocycles. The number of aliphatic hydroxyl groups excluding tert-OH is 1. The van der Waals surface area contributed by atoms with Crippen LogP contribution in [-0.4, -0.2) is 48.3 Å². The van der Waals surface area contributed by atoms with Crippen molar-refractivity contribution < 1.29 is 19.4 Å². The Morgan fingerprint density at radius 2 is 1.80 bits per heavy atom. The number of hydrogen-bond acceptors (Lipinski definition) is 4. The van der Waals surface area contributed by atoms with E-state index in [2.05, 4.69) is 0 Å². The molecule has 0 spiro atoms. The molecule has 1 aromatic rings. The number of para-hydroxylation sites is 2. The summed E-state index contributed by atoms with van der Waals surface area (Å²) in [4.78, 5) is 13.5. The van der Waals surface area contributed by atoms with E-state index < -0.39 is 5.54 Å². The van der Waals surface area contributed by atoms with Crippen molar-refractivity contribution in [3.05, 3.63) is 24.3 Å². The standard InChI is InChI=1S/C15H23NO4/c1-5-19-12-8-6-7-9-13(12)20-10-14(18)16(4)15(2,3)11-17/h6-9,17H,5,10-11H2,1-4H3. The fourth-order valence-corrected chi connectivity index (χ4v) is 1.52. The zero-order chi connectivity index (χ0) is 15.2. The Morgan fingerprint density at radius 3 is 2.30 bits per heavy atom. The second kappa shape index (κ2) is 7.14. The summed E-state index contributed by atoms with van der Waals surface area (Å²) in [6, 6.07) is 7.23. The summed E-state index contributed by atoms with van der Waals surface area (Å²) < 4.78 is 10.9. The van der Waals surface area contributed by atoms with Gasteiger partial charge < -0.3 is 19.5 Å². The number of carbonyl (C=O) groups is 1. The number of benzene rings is 1. The highest BCUT2D eigenvalue weighted by Gasteiger charge is 2.27. The zero-order valence-corrected chi connectivity index (χ0v) is 12.5. The fourth-order valence-electron chi connectivity index (χ4n) is 1.52. The third kappa shape index (κ3) is 4.13. The van der Waals surface area contributed by atoms with Crippen molar-refractivity contribution in [1.82, 2.24) is 4.90 Å². The van der Waals surface area contributed by atoms with E-state index in [1.165, 1.54) is 4.90 Å². The summed E-state index contributed by atoms with van der Waals surface area (Å²) in [6.07, 6.45) is 0. The minimum Gasteiger partial charge on any atom is -0.490 e. The van der Waals surface area contributed by atoms with Crippen LogP contribution in [0.4, 0.5) is 0 Å². The Bertz CT molecular complexity index is 445. The molecule has 112 valence electrons. The summed E-state index contributed by atoms with van der Waals surface area (Å²) in [5, 5.41) is 9.26. The molecule has 0 saturated carbocycles. The molecule has 1 amide bonds. The smallest absolute Gasteiger partial charge is 0.260 e. The van der Waals surface area contributed by atoms with Crippen LogP contribution in [0.3, 0.4) is 0 Å². The van der Waals surface area contributed by atoms with E-state index in [-0.39, 0.29) is 19.1 Å². The van der Waals surface area contributed by atoms with Crippen LogP contribution in [0.2, 0.25) is 0 Å². The number of rotatable bonds is 7. The van der Waals surface area contributed by atoms with Crippen LogP contribution in [0, 0.1) is 0 Å². The van der Waals surface area contributed by atoms with Crippen LogP contribution in [0.25, 0.3) is 0 Å². The Morgan fingerprint density at radius 1 is 1.25 bits per heavy atom. The fraction of sp³-hybridized carbons (Fsp3) is 0.533. The quantitative estimate of drug-likeness (QED) is 0.826. The molecule has 0 fully saturated rings. The third-order valence-electron chi connectivity index (χ3n) is 3.17. The first-order valence-corrected chi connectivity index (χ1v) is 6.64. The monoisotopic (exact) mass is 281 g/mol. The molecular formula is C15H23NO4. The van der Waals surface area contributed by atoms with Gasteiger partial charge in [0.15, 0.2) is 18.1 Å². The molecule has 20 heavy (non-hydrogen) atoms. The largest absolute Gasteiger partial charge is 0.490 e. The summed E-state index contributed by atoms with van der Waals surface area (Å²) in [5.41, 5.74) is -0.611. The van der Waals surface area contributed by atoms with Gasteiger partial charge in [-0.2, -0.15) is 0 Å². The van der Waals surface area contributed by atoms with Gasteiger partial charge in [-0.1, -0.05) is 12.1 Å². The molecule has 5 heteroatoms. The van der Waals surface area contributed by atoms with E-state index in [4.69, 9.17) is 9.47 Å². The molecule has 5 nitrogen and oxygen atoms in total. The van der Waals surface area contributed by atoms with Gasteiger partial charge in [0.2, 0.25) is 0 Å². The highest BCUT2D eigenvalue weighted by atomic mass is 16.5. The predicted molar refractivity (Wildman–Crippen MR) is 77.0 cm³/mol. The van der Waals surface area contributed by atoms with Crippen molar-refractivity contribution >= 4 is 5.91 Å². The molecule has 0 aliphatic heterocycles. The normalized spacial score (nSPS) is 11.1. The molecule has 0 heterocycles. The van der Waals surface area contributed by atoms with Gasteiger partial charge in [0.1, 0.15) is 0 Å². The summed E-state index contributed by atoms with van der Waals surface area (Å²) in [6.45, 7) is 5.80. The first-order chi connectivity index (χ1) is 9.42. The number of nitrogens with zero attached hydrogens (tertiary/aromatic N) is 1. The summed E-state index contributed by atoms with van der Waals surface area (Å²) in [5.74, 6) is 0.958. The van der Waals surface area contributed by atoms with Crippen molar-refractivity contribution in [2.45, 2.75) is 26.3 Å². The maximum Gasteiger partial charge on any atom is 0.260 e. The van der Waals surface area contributed by atoms with Crippen LogP contribution in [0.5, 0.6) is 11.5 Å². The Labute approximate surface area is 120 Å². The Kier molecular flexibility index (Phi) is 5.82. The molecule has 0 unspecified atom stereocenters. The lowest BCUT2D eigenvalue weighted by molar-refractivity contribution is -0.138. The zero-order valence-electron chi connectivity index (χ0n) is 12.5. The molecule has 0 atom stereocenters. The number of ether oxygens (including phenoxy) is 2. The molecule has 1 N–H and O–H groups in total. The second-order valence-corrected chi connectivity index (χ2v) is 5.09. The van der Waals surface area contributed by atoms with Crippen LogP contribution in [-0.2, 0) is 4.79 Å². The molecule has 0 aromatic heterocycles. The number of carbonyl (C=O) groups excluding carboxylic acids is 1. The average Bonchev–Trinajstić information content (AvgIpc) is 2.45. The molecular weight excluding hydrogens is 258 g/mol. The van der Waals surface area contributed by atoms with Gasteiger partial charge in [-0.3, -0.25) is 4.79 Å². The molecule has 0 saturated heterocycles. The van der Waals surface area contributed by atoms with Crippen LogP contribution in [0.15, 0.2) is 24.3 Å². The number of aliphatic hydroxyl groups is 1. The highest BCUT2D eigenvalue weighted by Crippen LogP contribution is 2.26. The summed E-state index contributed by atoms with van der Waals surface area (Å²) >= 11 is 0. The van der Waals surface area contributed by atoms with E-state index in [9.17, 15) is 9.90 Å². The van der Waals surface area contributed by atoms with Gasteiger partial charge in [-0.15, -0.1) is 0 Å².